The topological polar surface area (TPSA) is 156 Å². The third kappa shape index (κ3) is 10.9. The number of primary amides is 1. The quantitative estimate of drug-likeness (QED) is 0.172. The third-order valence-electron chi connectivity index (χ3n) is 9.64. The predicted octanol–water partition coefficient (Wildman–Crippen LogP) is 3.41. The summed E-state index contributed by atoms with van der Waals surface area (Å²) in [5, 5.41) is 2.54. The second-order valence-corrected chi connectivity index (χ2v) is 13.6. The van der Waals surface area contributed by atoms with E-state index in [0.717, 1.165) is 12.1 Å². The Kier molecular flexibility index (Phi) is 14.1. The fraction of sp³-hybridized carbons (Fsp3) is 0.486. The number of carbonyl (C=O) groups excluding carboxylic acids is 3. The normalized spacial score (nSPS) is 18.0. The summed E-state index contributed by atoms with van der Waals surface area (Å²) < 4.78 is 87.0. The Balaban J connectivity index is 1.25. The molecule has 2 aromatic carbocycles. The number of anilines is 3. The highest BCUT2D eigenvalue weighted by atomic mass is 19.4. The van der Waals surface area contributed by atoms with E-state index >= 15 is 4.39 Å². The first-order chi connectivity index (χ1) is 26.6. The van der Waals surface area contributed by atoms with E-state index in [-0.39, 0.29) is 86.2 Å². The van der Waals surface area contributed by atoms with Crippen LogP contribution in [-0.4, -0.2) is 136 Å². The minimum atomic E-state index is -5.01. The van der Waals surface area contributed by atoms with Crippen LogP contribution in [0.1, 0.15) is 29.8 Å². The molecular formula is C37H45F5N8O6. The van der Waals surface area contributed by atoms with Gasteiger partial charge in [0.15, 0.2) is 0 Å². The Morgan fingerprint density at radius 2 is 1.46 bits per heavy atom. The smallest absolute Gasteiger partial charge is 0.377 e. The molecule has 5 rings (SSSR count). The number of benzene rings is 2. The minimum Gasteiger partial charge on any atom is -0.377 e. The molecule has 0 radical (unpaired) electrons. The molecule has 2 aliphatic rings. The molecule has 3 N–H and O–H groups in total. The molecule has 2 atom stereocenters. The number of rotatable bonds is 15. The standard InChI is InChI=1S/C37H45F5N8O6/c1-23-19-50(20-24(2)47(23)3)32-16-30(39)28(15-31(32)46-35(53)27-5-4-26(38)14-29(27)37(40,41)42)25-17-44-36(45-18-25)49-8-6-48(7-9-49)34(52)22-56-13-11-54-10-12-55-21-33(43)51/h4-5,14-18,23-24H,6-13,19-22H2,1-3H3,(H2,43,51)(H,46,53)/t23-,24+. The maximum absolute atomic E-state index is 16.0. The Labute approximate surface area is 320 Å². The van der Waals surface area contributed by atoms with Crippen LogP contribution in [0.2, 0.25) is 0 Å². The van der Waals surface area contributed by atoms with Crippen LogP contribution in [-0.2, 0) is 30.0 Å². The monoisotopic (exact) mass is 792 g/mol. The van der Waals surface area contributed by atoms with E-state index in [2.05, 4.69) is 20.2 Å². The molecule has 0 bridgehead atoms. The number of ether oxygens (including phenoxy) is 3. The molecule has 1 aromatic heterocycles. The lowest BCUT2D eigenvalue weighted by molar-refractivity contribution is -0.138. The van der Waals surface area contributed by atoms with Crippen molar-refractivity contribution in [1.29, 1.82) is 0 Å². The first-order valence-corrected chi connectivity index (χ1v) is 18.0. The van der Waals surface area contributed by atoms with Gasteiger partial charge >= 0.3 is 6.18 Å². The van der Waals surface area contributed by atoms with Gasteiger partial charge in [0.2, 0.25) is 17.8 Å². The summed E-state index contributed by atoms with van der Waals surface area (Å²) in [5.41, 5.74) is 3.33. The zero-order chi connectivity index (χ0) is 40.6. The van der Waals surface area contributed by atoms with E-state index in [1.165, 1.54) is 24.5 Å². The van der Waals surface area contributed by atoms with E-state index in [1.54, 1.807) is 4.90 Å². The Hall–Kier alpha value is -4.98. The lowest BCUT2D eigenvalue weighted by Crippen LogP contribution is -2.55. The van der Waals surface area contributed by atoms with Crippen molar-refractivity contribution in [3.8, 4) is 11.1 Å². The zero-order valence-corrected chi connectivity index (χ0v) is 31.3. The number of likely N-dealkylation sites (N-methyl/N-ethyl adjacent to an activating group) is 1. The van der Waals surface area contributed by atoms with Crippen molar-refractivity contribution in [3.63, 3.8) is 0 Å². The molecule has 2 saturated heterocycles. The molecule has 14 nitrogen and oxygen atoms in total. The molecule has 0 unspecified atom stereocenters. The molecule has 0 spiro atoms. The van der Waals surface area contributed by atoms with Crippen LogP contribution in [0.4, 0.5) is 39.3 Å². The molecule has 3 amide bonds. The second kappa shape index (κ2) is 18.8. The van der Waals surface area contributed by atoms with Gasteiger partial charge in [-0.25, -0.2) is 18.7 Å². The first kappa shape index (κ1) is 42.2. The highest BCUT2D eigenvalue weighted by molar-refractivity contribution is 6.07. The fourth-order valence-electron chi connectivity index (χ4n) is 6.43. The second-order valence-electron chi connectivity index (χ2n) is 13.6. The van der Waals surface area contributed by atoms with E-state index in [0.29, 0.717) is 45.2 Å². The average molecular weight is 793 g/mol. The summed E-state index contributed by atoms with van der Waals surface area (Å²) in [6.07, 6.45) is -2.19. The SMILES string of the molecule is C[C@@H]1CN(c2cc(F)c(-c3cnc(N4CCN(C(=O)COCCOCCOCC(N)=O)CC4)nc3)cc2NC(=O)c2ccc(F)cc2C(F)(F)F)C[C@H](C)N1C. The number of carbonyl (C=O) groups is 3. The van der Waals surface area contributed by atoms with Gasteiger partial charge in [0, 0.05) is 74.9 Å². The lowest BCUT2D eigenvalue weighted by atomic mass is 10.0. The Bertz CT molecular complexity index is 1830. The summed E-state index contributed by atoms with van der Waals surface area (Å²) in [5.74, 6) is -3.37. The number of halogens is 5. The maximum Gasteiger partial charge on any atom is 0.417 e. The number of piperazine rings is 2. The van der Waals surface area contributed by atoms with Crippen LogP contribution in [0.5, 0.6) is 0 Å². The van der Waals surface area contributed by atoms with Crippen molar-refractivity contribution in [3.05, 3.63) is 65.5 Å². The fourth-order valence-corrected chi connectivity index (χ4v) is 6.43. The number of hydrogen-bond acceptors (Lipinski definition) is 11. The number of nitrogens with two attached hydrogens (primary N) is 1. The van der Waals surface area contributed by atoms with Gasteiger partial charge in [0.05, 0.1) is 48.9 Å². The lowest BCUT2D eigenvalue weighted by Gasteiger charge is -2.44. The van der Waals surface area contributed by atoms with Crippen LogP contribution in [0.15, 0.2) is 42.7 Å². The molecule has 2 aliphatic heterocycles. The summed E-state index contributed by atoms with van der Waals surface area (Å²) in [7, 11) is 1.96. The molecule has 56 heavy (non-hydrogen) atoms. The van der Waals surface area contributed by atoms with Crippen molar-refractivity contribution in [2.75, 3.05) is 101 Å². The summed E-state index contributed by atoms with van der Waals surface area (Å²) in [6.45, 7) is 7.06. The van der Waals surface area contributed by atoms with Crippen molar-refractivity contribution in [2.24, 2.45) is 5.73 Å². The van der Waals surface area contributed by atoms with Crippen LogP contribution in [0.25, 0.3) is 11.1 Å². The zero-order valence-electron chi connectivity index (χ0n) is 31.3. The van der Waals surface area contributed by atoms with E-state index in [1.807, 2.05) is 30.7 Å². The van der Waals surface area contributed by atoms with Gasteiger partial charge in [-0.3, -0.25) is 19.3 Å². The highest BCUT2D eigenvalue weighted by Crippen LogP contribution is 2.38. The summed E-state index contributed by atoms with van der Waals surface area (Å²) >= 11 is 0. The van der Waals surface area contributed by atoms with Gasteiger partial charge in [0.1, 0.15) is 24.8 Å². The molecule has 304 valence electrons. The Morgan fingerprint density at radius 3 is 2.07 bits per heavy atom. The van der Waals surface area contributed by atoms with Crippen LogP contribution in [0.3, 0.4) is 0 Å². The van der Waals surface area contributed by atoms with Crippen molar-refractivity contribution < 1.29 is 50.5 Å². The number of amides is 3. The van der Waals surface area contributed by atoms with Crippen LogP contribution < -0.4 is 20.9 Å². The number of nitrogens with one attached hydrogen (secondary N) is 1. The minimum absolute atomic E-state index is 0.00166. The molecular weight excluding hydrogens is 747 g/mol. The maximum atomic E-state index is 16.0. The van der Waals surface area contributed by atoms with Gasteiger partial charge in [-0.2, -0.15) is 13.2 Å². The van der Waals surface area contributed by atoms with Gasteiger partial charge in [-0.1, -0.05) is 0 Å². The third-order valence-corrected chi connectivity index (χ3v) is 9.64. The van der Waals surface area contributed by atoms with Gasteiger partial charge in [-0.15, -0.1) is 0 Å². The van der Waals surface area contributed by atoms with Gasteiger partial charge in [0.25, 0.3) is 5.91 Å². The van der Waals surface area contributed by atoms with Crippen LogP contribution >= 0.6 is 0 Å². The van der Waals surface area contributed by atoms with E-state index in [9.17, 15) is 31.9 Å². The Morgan fingerprint density at radius 1 is 0.857 bits per heavy atom. The summed E-state index contributed by atoms with van der Waals surface area (Å²) in [6, 6.07) is 4.44. The van der Waals surface area contributed by atoms with Gasteiger partial charge in [-0.05, 0) is 51.2 Å². The van der Waals surface area contributed by atoms with Crippen molar-refractivity contribution in [2.45, 2.75) is 32.1 Å². The highest BCUT2D eigenvalue weighted by Gasteiger charge is 2.36. The van der Waals surface area contributed by atoms with Crippen LogP contribution in [0, 0.1) is 11.6 Å². The molecule has 3 aromatic rings. The molecule has 19 heteroatoms. The van der Waals surface area contributed by atoms with E-state index in [4.69, 9.17) is 19.9 Å². The number of hydrogen-bond donors (Lipinski definition) is 2. The molecule has 2 fully saturated rings. The predicted molar refractivity (Wildman–Crippen MR) is 196 cm³/mol. The molecule has 3 heterocycles. The summed E-state index contributed by atoms with van der Waals surface area (Å²) in [4.78, 5) is 53.1. The number of alkyl halides is 3. The van der Waals surface area contributed by atoms with Crippen molar-refractivity contribution in [1.82, 2.24) is 19.8 Å². The average Bonchev–Trinajstić information content (AvgIpc) is 3.16. The van der Waals surface area contributed by atoms with Crippen molar-refractivity contribution >= 4 is 35.0 Å². The molecule has 0 saturated carbocycles. The largest absolute Gasteiger partial charge is 0.417 e. The molecule has 0 aliphatic carbocycles. The first-order valence-electron chi connectivity index (χ1n) is 18.0. The van der Waals surface area contributed by atoms with E-state index < -0.39 is 40.8 Å². The van der Waals surface area contributed by atoms with Gasteiger partial charge < -0.3 is 40.0 Å². The number of nitrogens with zero attached hydrogens (tertiary/aromatic N) is 6. The number of aromatic nitrogens is 2.